The van der Waals surface area contributed by atoms with E-state index in [0.717, 1.165) is 0 Å². The summed E-state index contributed by atoms with van der Waals surface area (Å²) in [5.41, 5.74) is 6.03. The first-order valence-electron chi connectivity index (χ1n) is 4.86. The molecule has 5 nitrogen and oxygen atoms in total. The van der Waals surface area contributed by atoms with E-state index in [-0.39, 0.29) is 26.1 Å². The lowest BCUT2D eigenvalue weighted by molar-refractivity contribution is -0.230. The first kappa shape index (κ1) is 13.1. The minimum absolute atomic E-state index is 0.108. The topological polar surface area (TPSA) is 72.2 Å². The molecule has 0 bridgehead atoms. The molecule has 1 N–H and O–H groups in total. The number of alkyl halides is 3. The zero-order chi connectivity index (χ0) is 12.2. The molecule has 1 fully saturated rings. The Kier molecular flexibility index (Phi) is 4.01. The number of nitrogens with zero attached hydrogens (tertiary/aromatic N) is 4. The first-order valence-corrected chi connectivity index (χ1v) is 4.86. The SMILES string of the molecule is [N-]=[N+]=NCCN1CC[C@](CO)(C(F)(F)F)C1. The molecule has 0 aromatic rings. The van der Waals surface area contributed by atoms with Crippen molar-refractivity contribution >= 4 is 0 Å². The summed E-state index contributed by atoms with van der Waals surface area (Å²) in [6.07, 6.45) is -4.50. The minimum atomic E-state index is -4.39. The van der Waals surface area contributed by atoms with Crippen LogP contribution in [0.5, 0.6) is 0 Å². The minimum Gasteiger partial charge on any atom is -0.395 e. The van der Waals surface area contributed by atoms with Gasteiger partial charge in [0.05, 0.1) is 6.61 Å². The molecular formula is C8H13F3N4O. The summed E-state index contributed by atoms with van der Waals surface area (Å²) in [5, 5.41) is 12.2. The maximum absolute atomic E-state index is 12.7. The van der Waals surface area contributed by atoms with Gasteiger partial charge in [-0.05, 0) is 18.5 Å². The second-order valence-electron chi connectivity index (χ2n) is 3.92. The highest BCUT2D eigenvalue weighted by Gasteiger charge is 2.57. The lowest BCUT2D eigenvalue weighted by atomic mass is 9.87. The van der Waals surface area contributed by atoms with Crippen LogP contribution in [0.1, 0.15) is 6.42 Å². The van der Waals surface area contributed by atoms with E-state index in [4.69, 9.17) is 10.6 Å². The van der Waals surface area contributed by atoms with Gasteiger partial charge in [-0.1, -0.05) is 5.11 Å². The Morgan fingerprint density at radius 2 is 2.19 bits per heavy atom. The molecule has 0 saturated carbocycles. The molecule has 0 radical (unpaired) electrons. The van der Waals surface area contributed by atoms with Crippen molar-refractivity contribution in [2.24, 2.45) is 10.5 Å². The Morgan fingerprint density at radius 1 is 1.50 bits per heavy atom. The van der Waals surface area contributed by atoms with Gasteiger partial charge in [-0.15, -0.1) is 0 Å². The first-order chi connectivity index (χ1) is 7.45. The highest BCUT2D eigenvalue weighted by Crippen LogP contribution is 2.44. The van der Waals surface area contributed by atoms with Crippen molar-refractivity contribution in [3.05, 3.63) is 10.4 Å². The maximum Gasteiger partial charge on any atom is 0.397 e. The zero-order valence-corrected chi connectivity index (χ0v) is 8.61. The predicted octanol–water partition coefficient (Wildman–Crippen LogP) is 1.54. The maximum atomic E-state index is 12.7. The van der Waals surface area contributed by atoms with E-state index < -0.39 is 18.2 Å². The average molecular weight is 238 g/mol. The Bertz CT molecular complexity index is 289. The van der Waals surface area contributed by atoms with E-state index in [9.17, 15) is 13.2 Å². The van der Waals surface area contributed by atoms with Crippen LogP contribution < -0.4 is 0 Å². The second-order valence-corrected chi connectivity index (χ2v) is 3.92. The van der Waals surface area contributed by atoms with Gasteiger partial charge in [-0.25, -0.2) is 0 Å². The highest BCUT2D eigenvalue weighted by atomic mass is 19.4. The van der Waals surface area contributed by atoms with Crippen LogP contribution in [0, 0.1) is 5.41 Å². The molecule has 0 unspecified atom stereocenters. The summed E-state index contributed by atoms with van der Waals surface area (Å²) in [7, 11) is 0. The smallest absolute Gasteiger partial charge is 0.395 e. The van der Waals surface area contributed by atoms with Crippen molar-refractivity contribution in [2.45, 2.75) is 12.6 Å². The van der Waals surface area contributed by atoms with Crippen LogP contribution >= 0.6 is 0 Å². The van der Waals surface area contributed by atoms with Gasteiger partial charge in [-0.2, -0.15) is 13.2 Å². The number of hydrogen-bond acceptors (Lipinski definition) is 3. The third-order valence-electron chi connectivity index (χ3n) is 2.92. The standard InChI is InChI=1S/C8H13F3N4O/c9-8(10,11)7(6-16)1-3-15(5-7)4-2-13-14-12/h16H,1-6H2/t7-/m0/s1. The molecule has 1 aliphatic rings. The van der Waals surface area contributed by atoms with Crippen LogP contribution in [-0.2, 0) is 0 Å². The predicted molar refractivity (Wildman–Crippen MR) is 50.6 cm³/mol. The second kappa shape index (κ2) is 4.90. The Hall–Kier alpha value is -0.980. The Balaban J connectivity index is 2.58. The third kappa shape index (κ3) is 2.58. The van der Waals surface area contributed by atoms with Crippen LogP contribution in [0.25, 0.3) is 10.4 Å². The van der Waals surface area contributed by atoms with Crippen LogP contribution in [0.2, 0.25) is 0 Å². The van der Waals surface area contributed by atoms with Gasteiger partial charge >= 0.3 is 6.18 Å². The van der Waals surface area contributed by atoms with E-state index in [1.165, 1.54) is 0 Å². The van der Waals surface area contributed by atoms with E-state index in [1.807, 2.05) is 0 Å². The monoisotopic (exact) mass is 238 g/mol. The van der Waals surface area contributed by atoms with E-state index in [2.05, 4.69) is 10.0 Å². The van der Waals surface area contributed by atoms with Gasteiger partial charge in [0, 0.05) is 24.5 Å². The molecule has 0 aromatic heterocycles. The van der Waals surface area contributed by atoms with Crippen molar-refractivity contribution in [2.75, 3.05) is 32.8 Å². The van der Waals surface area contributed by atoms with Gasteiger partial charge in [0.2, 0.25) is 0 Å². The fraction of sp³-hybridized carbons (Fsp3) is 1.00. The molecule has 0 amide bonds. The van der Waals surface area contributed by atoms with Gasteiger partial charge in [-0.3, -0.25) is 0 Å². The zero-order valence-electron chi connectivity index (χ0n) is 8.61. The third-order valence-corrected chi connectivity index (χ3v) is 2.92. The van der Waals surface area contributed by atoms with Crippen molar-refractivity contribution in [3.63, 3.8) is 0 Å². The van der Waals surface area contributed by atoms with Crippen LogP contribution in [0.15, 0.2) is 5.11 Å². The van der Waals surface area contributed by atoms with Crippen molar-refractivity contribution in [1.29, 1.82) is 0 Å². The summed E-state index contributed by atoms with van der Waals surface area (Å²) < 4.78 is 38.1. The molecule has 92 valence electrons. The molecular weight excluding hydrogens is 225 g/mol. The molecule has 1 saturated heterocycles. The number of aliphatic hydroxyl groups is 1. The average Bonchev–Trinajstić information content (AvgIpc) is 2.62. The molecule has 0 aliphatic carbocycles. The molecule has 1 rings (SSSR count). The Morgan fingerprint density at radius 3 is 2.62 bits per heavy atom. The number of hydrogen-bond donors (Lipinski definition) is 1. The quantitative estimate of drug-likeness (QED) is 0.458. The summed E-state index contributed by atoms with van der Waals surface area (Å²) in [4.78, 5) is 4.08. The molecule has 0 spiro atoms. The molecule has 0 aromatic carbocycles. The van der Waals surface area contributed by atoms with Crippen LogP contribution in [0.3, 0.4) is 0 Å². The van der Waals surface area contributed by atoms with Crippen molar-refractivity contribution < 1.29 is 18.3 Å². The summed E-state index contributed by atoms with van der Waals surface area (Å²) in [6.45, 7) is -0.415. The number of likely N-dealkylation sites (tertiary alicyclic amines) is 1. The number of azide groups is 1. The van der Waals surface area contributed by atoms with Crippen LogP contribution in [0.4, 0.5) is 13.2 Å². The summed E-state index contributed by atoms with van der Waals surface area (Å²) in [6, 6.07) is 0. The molecule has 8 heteroatoms. The fourth-order valence-electron chi connectivity index (χ4n) is 1.83. The van der Waals surface area contributed by atoms with E-state index in [0.29, 0.717) is 6.54 Å². The number of halogens is 3. The lowest BCUT2D eigenvalue weighted by Crippen LogP contribution is -2.43. The van der Waals surface area contributed by atoms with Gasteiger partial charge in [0.15, 0.2) is 0 Å². The fourth-order valence-corrected chi connectivity index (χ4v) is 1.83. The molecule has 1 aliphatic heterocycles. The summed E-state index contributed by atoms with van der Waals surface area (Å²) in [5.74, 6) is 0. The van der Waals surface area contributed by atoms with Gasteiger partial charge in [0.25, 0.3) is 0 Å². The summed E-state index contributed by atoms with van der Waals surface area (Å²) >= 11 is 0. The highest BCUT2D eigenvalue weighted by molar-refractivity contribution is 4.95. The number of rotatable bonds is 4. The number of aliphatic hydroxyl groups excluding tert-OH is 1. The normalized spacial score (nSPS) is 26.8. The van der Waals surface area contributed by atoms with Crippen molar-refractivity contribution in [3.8, 4) is 0 Å². The molecule has 1 heterocycles. The van der Waals surface area contributed by atoms with Crippen molar-refractivity contribution in [1.82, 2.24) is 4.90 Å². The Labute approximate surface area is 90.5 Å². The largest absolute Gasteiger partial charge is 0.397 e. The van der Waals surface area contributed by atoms with Crippen LogP contribution in [-0.4, -0.2) is 49.0 Å². The molecule has 1 atom stereocenters. The van der Waals surface area contributed by atoms with E-state index in [1.54, 1.807) is 4.90 Å². The van der Waals surface area contributed by atoms with E-state index >= 15 is 0 Å². The van der Waals surface area contributed by atoms with Gasteiger partial charge in [0.1, 0.15) is 5.41 Å². The lowest BCUT2D eigenvalue weighted by Gasteiger charge is -2.29. The molecule has 16 heavy (non-hydrogen) atoms. The van der Waals surface area contributed by atoms with Gasteiger partial charge < -0.3 is 10.0 Å².